The van der Waals surface area contributed by atoms with Crippen molar-refractivity contribution in [3.8, 4) is 11.1 Å². The van der Waals surface area contributed by atoms with Gasteiger partial charge in [-0.3, -0.25) is 20.2 Å². The van der Waals surface area contributed by atoms with Gasteiger partial charge >= 0.3 is 6.09 Å². The van der Waals surface area contributed by atoms with Crippen LogP contribution in [0.5, 0.6) is 0 Å². The quantitative estimate of drug-likeness (QED) is 0.442. The summed E-state index contributed by atoms with van der Waals surface area (Å²) in [5.41, 5.74) is 2.02. The lowest BCUT2D eigenvalue weighted by molar-refractivity contribution is -0.117. The molecule has 8 nitrogen and oxygen atoms in total. The molecule has 3 amide bonds. The number of carbonyl (C=O) groups excluding carboxylic acids is 3. The number of aliphatic imine (C=N–C) groups is 1. The summed E-state index contributed by atoms with van der Waals surface area (Å²) < 4.78 is 4.52. The van der Waals surface area contributed by atoms with E-state index in [2.05, 4.69) is 25.7 Å². The first-order valence-corrected chi connectivity index (χ1v) is 8.01. The summed E-state index contributed by atoms with van der Waals surface area (Å²) in [6.07, 6.45) is -0.250. The Kier molecular flexibility index (Phi) is 6.24. The number of methoxy groups -OCH3 is 1. The van der Waals surface area contributed by atoms with Crippen molar-refractivity contribution < 1.29 is 19.1 Å². The standard InChI is InChI=1S/C16H16N4O4S/c1-10(22)18-15(20-16(23)24-2)19-13-12(8-25-14(13)17-9-21)11-6-4-3-5-7-11/h3-9H,1-2H3,(H,17,21)(H2,18,19,20,22,23). The first kappa shape index (κ1) is 18.1. The SMILES string of the molecule is COC(=O)NC(=Nc1c(-c2ccccc2)csc1NC=O)NC(C)=O. The van der Waals surface area contributed by atoms with Gasteiger partial charge < -0.3 is 10.1 Å². The van der Waals surface area contributed by atoms with Crippen LogP contribution in [-0.2, 0) is 14.3 Å². The largest absolute Gasteiger partial charge is 0.453 e. The van der Waals surface area contributed by atoms with Gasteiger partial charge in [-0.25, -0.2) is 9.79 Å². The zero-order chi connectivity index (χ0) is 18.2. The summed E-state index contributed by atoms with van der Waals surface area (Å²) in [6, 6.07) is 9.39. The molecule has 0 saturated carbocycles. The Labute approximate surface area is 147 Å². The molecule has 0 radical (unpaired) electrons. The van der Waals surface area contributed by atoms with Crippen molar-refractivity contribution in [2.24, 2.45) is 4.99 Å². The minimum atomic E-state index is -0.783. The van der Waals surface area contributed by atoms with Crippen molar-refractivity contribution in [1.82, 2.24) is 10.6 Å². The smallest absolute Gasteiger partial charge is 0.413 e. The van der Waals surface area contributed by atoms with E-state index in [0.29, 0.717) is 17.1 Å². The number of alkyl carbamates (subject to hydrolysis) is 1. The molecule has 0 bridgehead atoms. The third-order valence-electron chi connectivity index (χ3n) is 2.96. The molecule has 2 aromatic rings. The maximum Gasteiger partial charge on any atom is 0.413 e. The van der Waals surface area contributed by atoms with Gasteiger partial charge in [0.1, 0.15) is 10.7 Å². The van der Waals surface area contributed by atoms with Crippen LogP contribution < -0.4 is 16.0 Å². The molecule has 0 unspecified atom stereocenters. The van der Waals surface area contributed by atoms with Crippen LogP contribution in [0.2, 0.25) is 0 Å². The van der Waals surface area contributed by atoms with Gasteiger partial charge in [0.25, 0.3) is 0 Å². The number of carbonyl (C=O) groups is 3. The molecular formula is C16H16N4O4S. The number of hydrogen-bond acceptors (Lipinski definition) is 6. The number of guanidine groups is 1. The molecule has 3 N–H and O–H groups in total. The van der Waals surface area contributed by atoms with Crippen molar-refractivity contribution in [3.63, 3.8) is 0 Å². The fourth-order valence-electron chi connectivity index (χ4n) is 1.95. The number of ether oxygens (including phenoxy) is 1. The maximum atomic E-state index is 11.5. The predicted octanol–water partition coefficient (Wildman–Crippen LogP) is 2.46. The van der Waals surface area contributed by atoms with Gasteiger partial charge in [0.15, 0.2) is 0 Å². The van der Waals surface area contributed by atoms with Gasteiger partial charge in [-0.1, -0.05) is 30.3 Å². The van der Waals surface area contributed by atoms with Crippen LogP contribution in [0, 0.1) is 0 Å². The Hall–Kier alpha value is -3.20. The van der Waals surface area contributed by atoms with Gasteiger partial charge in [0, 0.05) is 17.9 Å². The van der Waals surface area contributed by atoms with E-state index in [4.69, 9.17) is 0 Å². The van der Waals surface area contributed by atoms with E-state index in [9.17, 15) is 14.4 Å². The summed E-state index contributed by atoms with van der Waals surface area (Å²) in [5, 5.41) is 9.61. The van der Waals surface area contributed by atoms with Gasteiger partial charge in [0.2, 0.25) is 18.3 Å². The third-order valence-corrected chi connectivity index (χ3v) is 3.86. The Balaban J connectivity index is 2.52. The van der Waals surface area contributed by atoms with Crippen molar-refractivity contribution in [3.05, 3.63) is 35.7 Å². The first-order valence-electron chi connectivity index (χ1n) is 7.13. The molecule has 0 aliphatic rings. The van der Waals surface area contributed by atoms with E-state index >= 15 is 0 Å². The number of nitrogens with zero attached hydrogens (tertiary/aromatic N) is 1. The molecule has 0 saturated heterocycles. The summed E-state index contributed by atoms with van der Waals surface area (Å²) in [7, 11) is 1.19. The highest BCUT2D eigenvalue weighted by molar-refractivity contribution is 7.15. The fourth-order valence-corrected chi connectivity index (χ4v) is 2.82. The molecule has 9 heteroatoms. The van der Waals surface area contributed by atoms with E-state index in [1.54, 1.807) is 0 Å². The fraction of sp³-hybridized carbons (Fsp3) is 0.125. The molecule has 0 spiro atoms. The summed E-state index contributed by atoms with van der Waals surface area (Å²) in [6.45, 7) is 1.28. The molecule has 1 heterocycles. The molecule has 0 fully saturated rings. The minimum Gasteiger partial charge on any atom is -0.453 e. The average molecular weight is 360 g/mol. The van der Waals surface area contributed by atoms with Gasteiger partial charge in [-0.15, -0.1) is 11.3 Å². The van der Waals surface area contributed by atoms with Crippen molar-refractivity contribution >= 4 is 46.4 Å². The average Bonchev–Trinajstić information content (AvgIpc) is 2.98. The monoisotopic (exact) mass is 360 g/mol. The Morgan fingerprint density at radius 1 is 1.20 bits per heavy atom. The van der Waals surface area contributed by atoms with E-state index < -0.39 is 12.0 Å². The number of anilines is 1. The highest BCUT2D eigenvalue weighted by atomic mass is 32.1. The van der Waals surface area contributed by atoms with Crippen molar-refractivity contribution in [2.45, 2.75) is 6.92 Å². The summed E-state index contributed by atoms with van der Waals surface area (Å²) in [5.74, 6) is -0.527. The van der Waals surface area contributed by atoms with Crippen LogP contribution in [0.3, 0.4) is 0 Å². The van der Waals surface area contributed by atoms with E-state index in [0.717, 1.165) is 11.1 Å². The lowest BCUT2D eigenvalue weighted by Gasteiger charge is -2.09. The first-order chi connectivity index (χ1) is 12.0. The Morgan fingerprint density at radius 3 is 2.52 bits per heavy atom. The third kappa shape index (κ3) is 4.88. The number of benzene rings is 1. The minimum absolute atomic E-state index is 0.108. The number of thiophene rings is 1. The van der Waals surface area contributed by atoms with Crippen molar-refractivity contribution in [2.75, 3.05) is 12.4 Å². The van der Waals surface area contributed by atoms with Crippen LogP contribution in [0.15, 0.2) is 40.7 Å². The Morgan fingerprint density at radius 2 is 1.92 bits per heavy atom. The van der Waals surface area contributed by atoms with Gasteiger partial charge in [-0.05, 0) is 5.56 Å². The molecule has 2 rings (SSSR count). The van der Waals surface area contributed by atoms with E-state index in [-0.39, 0.29) is 5.96 Å². The maximum absolute atomic E-state index is 11.5. The Bertz CT molecular complexity index is 802. The van der Waals surface area contributed by atoms with Gasteiger partial charge in [0.05, 0.1) is 7.11 Å². The number of rotatable bonds is 4. The van der Waals surface area contributed by atoms with Crippen LogP contribution in [0.4, 0.5) is 15.5 Å². The molecule has 25 heavy (non-hydrogen) atoms. The molecular weight excluding hydrogens is 344 g/mol. The normalized spacial score (nSPS) is 10.7. The predicted molar refractivity (Wildman–Crippen MR) is 95.9 cm³/mol. The molecule has 1 aromatic heterocycles. The second kappa shape index (κ2) is 8.60. The molecule has 0 aliphatic carbocycles. The lowest BCUT2D eigenvalue weighted by atomic mass is 10.1. The second-order valence-electron chi connectivity index (χ2n) is 4.71. The lowest BCUT2D eigenvalue weighted by Crippen LogP contribution is -2.42. The number of amides is 3. The molecule has 0 aliphatic heterocycles. The second-order valence-corrected chi connectivity index (χ2v) is 5.59. The highest BCUT2D eigenvalue weighted by Crippen LogP contribution is 2.42. The van der Waals surface area contributed by atoms with E-state index in [1.807, 2.05) is 35.7 Å². The molecule has 130 valence electrons. The topological polar surface area (TPSA) is 109 Å². The number of hydrogen-bond donors (Lipinski definition) is 3. The highest BCUT2D eigenvalue weighted by Gasteiger charge is 2.15. The zero-order valence-electron chi connectivity index (χ0n) is 13.5. The summed E-state index contributed by atoms with van der Waals surface area (Å²) in [4.78, 5) is 38.0. The summed E-state index contributed by atoms with van der Waals surface area (Å²) >= 11 is 1.27. The zero-order valence-corrected chi connectivity index (χ0v) is 14.3. The van der Waals surface area contributed by atoms with E-state index in [1.165, 1.54) is 25.4 Å². The van der Waals surface area contributed by atoms with Crippen LogP contribution in [-0.4, -0.2) is 31.5 Å². The van der Waals surface area contributed by atoms with Crippen LogP contribution in [0.1, 0.15) is 6.92 Å². The van der Waals surface area contributed by atoms with Gasteiger partial charge in [-0.2, -0.15) is 0 Å². The number of nitrogens with one attached hydrogen (secondary N) is 3. The molecule has 1 aromatic carbocycles. The molecule has 0 atom stereocenters. The van der Waals surface area contributed by atoms with Crippen LogP contribution in [0.25, 0.3) is 11.1 Å². The van der Waals surface area contributed by atoms with Crippen LogP contribution >= 0.6 is 11.3 Å². The van der Waals surface area contributed by atoms with Crippen molar-refractivity contribution in [1.29, 1.82) is 0 Å².